The molecule has 1 rings (SSSR count). The van der Waals surface area contributed by atoms with Crippen molar-refractivity contribution in [1.29, 1.82) is 0 Å². The summed E-state index contributed by atoms with van der Waals surface area (Å²) in [4.78, 5) is 18.4. The van der Waals surface area contributed by atoms with Crippen LogP contribution in [0.4, 0.5) is 0 Å². The third-order valence-corrected chi connectivity index (χ3v) is 2.79. The number of amides is 1. The number of nitrogens with two attached hydrogens (primary N) is 1. The Morgan fingerprint density at radius 3 is 2.89 bits per heavy atom. The van der Waals surface area contributed by atoms with E-state index < -0.39 is 0 Å². The number of nitrogens with zero attached hydrogens (tertiary/aromatic N) is 2. The van der Waals surface area contributed by atoms with E-state index >= 15 is 0 Å². The summed E-state index contributed by atoms with van der Waals surface area (Å²) in [7, 11) is 0. The maximum atomic E-state index is 12.4. The van der Waals surface area contributed by atoms with E-state index in [0.29, 0.717) is 17.8 Å². The average molecular weight is 259 g/mol. The van der Waals surface area contributed by atoms with Gasteiger partial charge in [-0.05, 0) is 25.5 Å². The summed E-state index contributed by atoms with van der Waals surface area (Å²) in [6, 6.07) is 3.58. The fraction of sp³-hybridized carbons (Fsp3) is 0.467. The maximum absolute atomic E-state index is 12.4. The van der Waals surface area contributed by atoms with Crippen molar-refractivity contribution < 1.29 is 4.79 Å². The quantitative estimate of drug-likeness (QED) is 0.818. The fourth-order valence-electron chi connectivity index (χ4n) is 1.72. The van der Waals surface area contributed by atoms with Crippen LogP contribution < -0.4 is 5.73 Å². The number of hydrogen-bond donors (Lipinski definition) is 1. The minimum Gasteiger partial charge on any atom is -0.338 e. The molecule has 0 aliphatic carbocycles. The van der Waals surface area contributed by atoms with E-state index in [1.54, 1.807) is 23.2 Å². The second-order valence-electron chi connectivity index (χ2n) is 4.14. The summed E-state index contributed by atoms with van der Waals surface area (Å²) in [5.41, 5.74) is 6.43. The molecule has 102 valence electrons. The molecule has 0 unspecified atom stereocenters. The van der Waals surface area contributed by atoms with Gasteiger partial charge in [0, 0.05) is 19.3 Å². The SMILES string of the molecule is CCCCN(CC)C(=O)c1ncccc1C#CCN. The zero-order valence-electron chi connectivity index (χ0n) is 11.6. The smallest absolute Gasteiger partial charge is 0.273 e. The van der Waals surface area contributed by atoms with Crippen molar-refractivity contribution in [1.82, 2.24) is 9.88 Å². The summed E-state index contributed by atoms with van der Waals surface area (Å²) >= 11 is 0. The molecule has 4 heteroatoms. The molecule has 0 aliphatic heterocycles. The summed E-state index contributed by atoms with van der Waals surface area (Å²) in [6.45, 7) is 5.79. The van der Waals surface area contributed by atoms with Crippen LogP contribution in [-0.4, -0.2) is 35.4 Å². The van der Waals surface area contributed by atoms with Crippen LogP contribution in [0.5, 0.6) is 0 Å². The summed E-state index contributed by atoms with van der Waals surface area (Å²) in [6.07, 6.45) is 3.68. The third-order valence-electron chi connectivity index (χ3n) is 2.79. The van der Waals surface area contributed by atoms with Crippen LogP contribution in [-0.2, 0) is 0 Å². The van der Waals surface area contributed by atoms with Gasteiger partial charge in [-0.25, -0.2) is 4.98 Å². The van der Waals surface area contributed by atoms with E-state index in [-0.39, 0.29) is 12.5 Å². The zero-order chi connectivity index (χ0) is 14.1. The first-order chi connectivity index (χ1) is 9.24. The molecule has 19 heavy (non-hydrogen) atoms. The first-order valence-corrected chi connectivity index (χ1v) is 6.67. The van der Waals surface area contributed by atoms with Crippen LogP contribution in [0.3, 0.4) is 0 Å². The molecule has 1 aromatic rings. The Morgan fingerprint density at radius 2 is 2.26 bits per heavy atom. The van der Waals surface area contributed by atoms with E-state index in [9.17, 15) is 4.79 Å². The highest BCUT2D eigenvalue weighted by atomic mass is 16.2. The molecule has 2 N–H and O–H groups in total. The minimum atomic E-state index is -0.0575. The molecule has 0 saturated carbocycles. The molecule has 0 fully saturated rings. The molecule has 0 radical (unpaired) electrons. The van der Waals surface area contributed by atoms with Gasteiger partial charge in [-0.1, -0.05) is 25.2 Å². The van der Waals surface area contributed by atoms with Crippen LogP contribution in [0.15, 0.2) is 18.3 Å². The normalized spacial score (nSPS) is 9.63. The molecule has 1 heterocycles. The van der Waals surface area contributed by atoms with Crippen molar-refractivity contribution in [3.05, 3.63) is 29.6 Å². The first-order valence-electron chi connectivity index (χ1n) is 6.67. The van der Waals surface area contributed by atoms with Gasteiger partial charge in [0.15, 0.2) is 0 Å². The highest BCUT2D eigenvalue weighted by molar-refractivity contribution is 5.94. The van der Waals surface area contributed by atoms with Gasteiger partial charge in [0.2, 0.25) is 0 Å². The van der Waals surface area contributed by atoms with Crippen molar-refractivity contribution >= 4 is 5.91 Å². The van der Waals surface area contributed by atoms with Crippen LogP contribution in [0.25, 0.3) is 0 Å². The van der Waals surface area contributed by atoms with E-state index in [1.165, 1.54) is 0 Å². The van der Waals surface area contributed by atoms with Gasteiger partial charge in [-0.2, -0.15) is 0 Å². The Hall–Kier alpha value is -1.86. The largest absolute Gasteiger partial charge is 0.338 e. The first kappa shape index (κ1) is 15.2. The lowest BCUT2D eigenvalue weighted by Gasteiger charge is -2.20. The molecule has 0 spiro atoms. The Labute approximate surface area is 115 Å². The van der Waals surface area contributed by atoms with Gasteiger partial charge in [0.25, 0.3) is 5.91 Å². The van der Waals surface area contributed by atoms with E-state index in [0.717, 1.165) is 19.4 Å². The summed E-state index contributed by atoms with van der Waals surface area (Å²) in [5, 5.41) is 0. The molecule has 1 amide bonds. The molecule has 1 aromatic heterocycles. The highest BCUT2D eigenvalue weighted by Gasteiger charge is 2.17. The molecule has 0 bridgehead atoms. The number of aromatic nitrogens is 1. The van der Waals surface area contributed by atoms with Gasteiger partial charge in [0.05, 0.1) is 12.1 Å². The summed E-state index contributed by atoms with van der Waals surface area (Å²) in [5.74, 6) is 5.61. The van der Waals surface area contributed by atoms with Crippen LogP contribution in [0, 0.1) is 11.8 Å². The molecular weight excluding hydrogens is 238 g/mol. The standard InChI is InChI=1S/C15H21N3O/c1-3-5-12-18(4-2)15(19)14-13(8-6-10-16)9-7-11-17-14/h7,9,11H,3-5,10,12,16H2,1-2H3. The van der Waals surface area contributed by atoms with E-state index in [1.807, 2.05) is 6.92 Å². The van der Waals surface area contributed by atoms with Crippen LogP contribution >= 0.6 is 0 Å². The molecular formula is C15H21N3O. The lowest BCUT2D eigenvalue weighted by Crippen LogP contribution is -2.32. The van der Waals surface area contributed by atoms with Crippen molar-refractivity contribution in [3.63, 3.8) is 0 Å². The van der Waals surface area contributed by atoms with Gasteiger partial charge in [0.1, 0.15) is 5.69 Å². The lowest BCUT2D eigenvalue weighted by molar-refractivity contribution is 0.0756. The van der Waals surface area contributed by atoms with Gasteiger partial charge in [-0.3, -0.25) is 4.79 Å². The average Bonchev–Trinajstić information content (AvgIpc) is 2.46. The van der Waals surface area contributed by atoms with Crippen LogP contribution in [0.1, 0.15) is 42.7 Å². The predicted molar refractivity (Wildman–Crippen MR) is 76.7 cm³/mol. The van der Waals surface area contributed by atoms with Crippen molar-refractivity contribution in [2.24, 2.45) is 5.73 Å². The Kier molecular flexibility index (Phi) is 6.62. The van der Waals surface area contributed by atoms with Crippen molar-refractivity contribution in [2.45, 2.75) is 26.7 Å². The third kappa shape index (κ3) is 4.38. The molecule has 0 saturated heterocycles. The van der Waals surface area contributed by atoms with Crippen molar-refractivity contribution in [2.75, 3.05) is 19.6 Å². The molecule has 0 atom stereocenters. The van der Waals surface area contributed by atoms with Gasteiger partial charge < -0.3 is 10.6 Å². The van der Waals surface area contributed by atoms with E-state index in [2.05, 4.69) is 23.7 Å². The van der Waals surface area contributed by atoms with Crippen molar-refractivity contribution in [3.8, 4) is 11.8 Å². The fourth-order valence-corrected chi connectivity index (χ4v) is 1.72. The Morgan fingerprint density at radius 1 is 1.47 bits per heavy atom. The summed E-state index contributed by atoms with van der Waals surface area (Å²) < 4.78 is 0. The van der Waals surface area contributed by atoms with Gasteiger partial charge in [-0.15, -0.1) is 0 Å². The monoisotopic (exact) mass is 259 g/mol. The lowest BCUT2D eigenvalue weighted by atomic mass is 10.1. The highest BCUT2D eigenvalue weighted by Crippen LogP contribution is 2.08. The Bertz CT molecular complexity index is 474. The topological polar surface area (TPSA) is 59.2 Å². The van der Waals surface area contributed by atoms with E-state index in [4.69, 9.17) is 5.73 Å². The number of carbonyl (C=O) groups excluding carboxylic acids is 1. The zero-order valence-corrected chi connectivity index (χ0v) is 11.6. The number of hydrogen-bond acceptors (Lipinski definition) is 3. The minimum absolute atomic E-state index is 0.0575. The molecule has 0 aromatic carbocycles. The Balaban J connectivity index is 2.97. The van der Waals surface area contributed by atoms with Crippen LogP contribution in [0.2, 0.25) is 0 Å². The predicted octanol–water partition coefficient (Wildman–Crippen LogP) is 1.65. The number of rotatable bonds is 5. The number of carbonyl (C=O) groups is 1. The molecule has 0 aliphatic rings. The molecule has 4 nitrogen and oxygen atoms in total. The number of unbranched alkanes of at least 4 members (excludes halogenated alkanes) is 1. The second kappa shape index (κ2) is 8.28. The second-order valence-corrected chi connectivity index (χ2v) is 4.14. The number of pyridine rings is 1. The van der Waals surface area contributed by atoms with Gasteiger partial charge >= 0.3 is 0 Å². The maximum Gasteiger partial charge on any atom is 0.273 e.